The molecule has 21 heavy (non-hydrogen) atoms. The molecular formula is C17H15ClO3. The first-order chi connectivity index (χ1) is 10.1. The van der Waals surface area contributed by atoms with Gasteiger partial charge in [0.1, 0.15) is 17.6 Å². The number of para-hydroxylation sites is 1. The van der Waals surface area contributed by atoms with Crippen molar-refractivity contribution in [2.24, 2.45) is 0 Å². The monoisotopic (exact) mass is 302 g/mol. The minimum Gasteiger partial charge on any atom is -0.496 e. The summed E-state index contributed by atoms with van der Waals surface area (Å²) in [5.74, 6) is 1.08. The lowest BCUT2D eigenvalue weighted by molar-refractivity contribution is 0.188. The zero-order valence-corrected chi connectivity index (χ0v) is 12.5. The molecule has 0 aliphatic rings. The molecular weight excluding hydrogens is 288 g/mol. The van der Waals surface area contributed by atoms with E-state index in [9.17, 15) is 5.11 Å². The Balaban J connectivity index is 2.08. The van der Waals surface area contributed by atoms with E-state index in [2.05, 4.69) is 0 Å². The molecule has 3 aromatic rings. The van der Waals surface area contributed by atoms with Crippen LogP contribution in [0.25, 0.3) is 11.0 Å². The van der Waals surface area contributed by atoms with E-state index in [1.54, 1.807) is 19.2 Å². The molecule has 3 rings (SSSR count). The zero-order chi connectivity index (χ0) is 15.0. The first kappa shape index (κ1) is 14.0. The first-order valence-electron chi connectivity index (χ1n) is 6.60. The summed E-state index contributed by atoms with van der Waals surface area (Å²) < 4.78 is 11.0. The second-order valence-electron chi connectivity index (χ2n) is 4.95. The Kier molecular flexibility index (Phi) is 3.62. The summed E-state index contributed by atoms with van der Waals surface area (Å²) >= 11 is 6.10. The quantitative estimate of drug-likeness (QED) is 0.775. The number of aryl methyl sites for hydroxylation is 1. The van der Waals surface area contributed by atoms with Crippen LogP contribution in [0.2, 0.25) is 5.02 Å². The highest BCUT2D eigenvalue weighted by Gasteiger charge is 2.20. The summed E-state index contributed by atoms with van der Waals surface area (Å²) in [6.45, 7) is 1.97. The van der Waals surface area contributed by atoms with Crippen LogP contribution in [0.4, 0.5) is 0 Å². The van der Waals surface area contributed by atoms with Crippen LogP contribution in [0.15, 0.2) is 46.9 Å². The SMILES string of the molecule is COc1cc(C)ccc1C(O)c1cc2cccc(Cl)c2o1. The molecule has 1 aromatic heterocycles. The van der Waals surface area contributed by atoms with E-state index in [0.29, 0.717) is 27.7 Å². The Labute approximate surface area is 127 Å². The second-order valence-corrected chi connectivity index (χ2v) is 5.36. The van der Waals surface area contributed by atoms with Crippen molar-refractivity contribution in [3.8, 4) is 5.75 Å². The van der Waals surface area contributed by atoms with Crippen LogP contribution in [0, 0.1) is 6.92 Å². The molecule has 1 heterocycles. The Bertz CT molecular complexity index is 792. The maximum Gasteiger partial charge on any atom is 0.153 e. The number of hydrogen-bond acceptors (Lipinski definition) is 3. The third kappa shape index (κ3) is 2.50. The van der Waals surface area contributed by atoms with Crippen LogP contribution < -0.4 is 4.74 Å². The zero-order valence-electron chi connectivity index (χ0n) is 11.8. The maximum absolute atomic E-state index is 10.6. The van der Waals surface area contributed by atoms with Gasteiger partial charge in [0.2, 0.25) is 0 Å². The molecule has 0 amide bonds. The standard InChI is InChI=1S/C17H15ClO3/c1-10-6-7-12(14(8-10)20-2)16(19)15-9-11-4-3-5-13(18)17(11)21-15/h3-9,16,19H,1-2H3. The summed E-state index contributed by atoms with van der Waals surface area (Å²) in [4.78, 5) is 0. The number of furan rings is 1. The molecule has 0 aliphatic carbocycles. The summed E-state index contributed by atoms with van der Waals surface area (Å²) in [7, 11) is 1.58. The van der Waals surface area contributed by atoms with Gasteiger partial charge in [0.15, 0.2) is 5.58 Å². The Morgan fingerprint density at radius 3 is 2.71 bits per heavy atom. The number of methoxy groups -OCH3 is 1. The number of hydrogen-bond donors (Lipinski definition) is 1. The fraction of sp³-hybridized carbons (Fsp3) is 0.176. The van der Waals surface area contributed by atoms with E-state index in [-0.39, 0.29) is 0 Å². The topological polar surface area (TPSA) is 42.6 Å². The van der Waals surface area contributed by atoms with Gasteiger partial charge in [0.05, 0.1) is 12.1 Å². The third-order valence-corrected chi connectivity index (χ3v) is 3.77. The molecule has 1 unspecified atom stereocenters. The molecule has 4 heteroatoms. The molecule has 2 aromatic carbocycles. The molecule has 1 N–H and O–H groups in total. The molecule has 0 radical (unpaired) electrons. The van der Waals surface area contributed by atoms with E-state index in [1.807, 2.05) is 37.3 Å². The number of fused-ring (bicyclic) bond motifs is 1. The molecule has 0 fully saturated rings. The van der Waals surface area contributed by atoms with Crippen molar-refractivity contribution in [2.45, 2.75) is 13.0 Å². The lowest BCUT2D eigenvalue weighted by Gasteiger charge is -2.13. The third-order valence-electron chi connectivity index (χ3n) is 3.47. The van der Waals surface area contributed by atoms with Gasteiger partial charge < -0.3 is 14.3 Å². The van der Waals surface area contributed by atoms with E-state index in [4.69, 9.17) is 20.8 Å². The summed E-state index contributed by atoms with van der Waals surface area (Å²) in [5.41, 5.74) is 2.31. The molecule has 3 nitrogen and oxygen atoms in total. The van der Waals surface area contributed by atoms with Gasteiger partial charge in [-0.2, -0.15) is 0 Å². The van der Waals surface area contributed by atoms with Crippen molar-refractivity contribution < 1.29 is 14.3 Å². The highest BCUT2D eigenvalue weighted by atomic mass is 35.5. The largest absolute Gasteiger partial charge is 0.496 e. The number of rotatable bonds is 3. The van der Waals surface area contributed by atoms with Crippen molar-refractivity contribution in [2.75, 3.05) is 7.11 Å². The van der Waals surface area contributed by atoms with Gasteiger partial charge in [-0.3, -0.25) is 0 Å². The smallest absolute Gasteiger partial charge is 0.153 e. The predicted octanol–water partition coefficient (Wildman–Crippen LogP) is 4.48. The average molecular weight is 303 g/mol. The molecule has 0 saturated carbocycles. The highest BCUT2D eigenvalue weighted by Crippen LogP contribution is 2.35. The normalized spacial score (nSPS) is 12.6. The van der Waals surface area contributed by atoms with Crippen LogP contribution in [-0.2, 0) is 0 Å². The number of halogens is 1. The van der Waals surface area contributed by atoms with Crippen LogP contribution >= 0.6 is 11.6 Å². The van der Waals surface area contributed by atoms with Crippen LogP contribution in [0.3, 0.4) is 0 Å². The number of ether oxygens (including phenoxy) is 1. The van der Waals surface area contributed by atoms with Crippen molar-refractivity contribution in [1.82, 2.24) is 0 Å². The van der Waals surface area contributed by atoms with Crippen LogP contribution in [-0.4, -0.2) is 12.2 Å². The summed E-state index contributed by atoms with van der Waals surface area (Å²) in [5, 5.41) is 12.0. The number of aliphatic hydroxyl groups excluding tert-OH is 1. The van der Waals surface area contributed by atoms with Crippen molar-refractivity contribution in [3.63, 3.8) is 0 Å². The molecule has 108 valence electrons. The summed E-state index contributed by atoms with van der Waals surface area (Å²) in [6, 6.07) is 13.0. The Hall–Kier alpha value is -1.97. The van der Waals surface area contributed by atoms with Crippen LogP contribution in [0.1, 0.15) is 23.0 Å². The minimum atomic E-state index is -0.899. The van der Waals surface area contributed by atoms with E-state index in [1.165, 1.54) is 0 Å². The fourth-order valence-electron chi connectivity index (χ4n) is 2.38. The Morgan fingerprint density at radius 1 is 1.19 bits per heavy atom. The number of aliphatic hydroxyl groups is 1. The summed E-state index contributed by atoms with van der Waals surface area (Å²) in [6.07, 6.45) is -0.899. The average Bonchev–Trinajstić information content (AvgIpc) is 2.92. The van der Waals surface area contributed by atoms with Gasteiger partial charge in [-0.25, -0.2) is 0 Å². The van der Waals surface area contributed by atoms with Crippen molar-refractivity contribution >= 4 is 22.6 Å². The van der Waals surface area contributed by atoms with E-state index < -0.39 is 6.10 Å². The van der Waals surface area contributed by atoms with Crippen molar-refractivity contribution in [3.05, 3.63) is 64.4 Å². The lowest BCUT2D eigenvalue weighted by Crippen LogP contribution is -2.01. The van der Waals surface area contributed by atoms with Gasteiger partial charge in [-0.15, -0.1) is 0 Å². The molecule has 0 aliphatic heterocycles. The second kappa shape index (κ2) is 5.43. The predicted molar refractivity (Wildman–Crippen MR) is 83.0 cm³/mol. The van der Waals surface area contributed by atoms with Crippen molar-refractivity contribution in [1.29, 1.82) is 0 Å². The highest BCUT2D eigenvalue weighted by molar-refractivity contribution is 6.34. The van der Waals surface area contributed by atoms with Gasteiger partial charge in [-0.1, -0.05) is 35.9 Å². The maximum atomic E-state index is 10.6. The Morgan fingerprint density at radius 2 is 2.00 bits per heavy atom. The van der Waals surface area contributed by atoms with E-state index in [0.717, 1.165) is 10.9 Å². The molecule has 0 bridgehead atoms. The van der Waals surface area contributed by atoms with Gasteiger partial charge in [-0.05, 0) is 30.7 Å². The van der Waals surface area contributed by atoms with Gasteiger partial charge in [0, 0.05) is 10.9 Å². The van der Waals surface area contributed by atoms with Gasteiger partial charge in [0.25, 0.3) is 0 Å². The first-order valence-corrected chi connectivity index (χ1v) is 6.98. The molecule has 1 atom stereocenters. The molecule has 0 saturated heterocycles. The number of benzene rings is 2. The van der Waals surface area contributed by atoms with E-state index >= 15 is 0 Å². The lowest BCUT2D eigenvalue weighted by atomic mass is 10.0. The minimum absolute atomic E-state index is 0.445. The molecule has 0 spiro atoms. The fourth-order valence-corrected chi connectivity index (χ4v) is 2.60. The van der Waals surface area contributed by atoms with Crippen LogP contribution in [0.5, 0.6) is 5.75 Å². The van der Waals surface area contributed by atoms with Gasteiger partial charge >= 0.3 is 0 Å².